The van der Waals surface area contributed by atoms with E-state index in [0.29, 0.717) is 28.6 Å². The molecule has 0 fully saturated rings. The maximum Gasteiger partial charge on any atom is 0.144 e. The van der Waals surface area contributed by atoms with Gasteiger partial charge in [0.05, 0.1) is 11.6 Å². The monoisotopic (exact) mass is 259 g/mol. The number of hydrogen-bond acceptors (Lipinski definition) is 2. The van der Waals surface area contributed by atoms with Gasteiger partial charge in [-0.05, 0) is 12.6 Å². The molecule has 1 aliphatic rings. The Bertz CT molecular complexity index is 395. The van der Waals surface area contributed by atoms with Crippen molar-refractivity contribution in [3.63, 3.8) is 0 Å². The molecule has 1 N–H and O–H groups in total. The Kier molecular flexibility index (Phi) is 3.63. The van der Waals surface area contributed by atoms with E-state index >= 15 is 0 Å². The van der Waals surface area contributed by atoms with Gasteiger partial charge in [-0.2, -0.15) is 0 Å². The smallest absolute Gasteiger partial charge is 0.144 e. The van der Waals surface area contributed by atoms with Crippen LogP contribution in [0.1, 0.15) is 25.5 Å². The minimum Gasteiger partial charge on any atom is -0.491 e. The summed E-state index contributed by atoms with van der Waals surface area (Å²) in [4.78, 5) is 0. The minimum atomic E-state index is 0.295. The van der Waals surface area contributed by atoms with Crippen LogP contribution in [0.2, 0.25) is 10.0 Å². The van der Waals surface area contributed by atoms with Crippen molar-refractivity contribution in [1.82, 2.24) is 5.32 Å². The molecule has 0 amide bonds. The quantitative estimate of drug-likeness (QED) is 0.875. The Balaban J connectivity index is 2.44. The Morgan fingerprint density at radius 1 is 1.44 bits per heavy atom. The zero-order valence-electron chi connectivity index (χ0n) is 9.39. The van der Waals surface area contributed by atoms with E-state index in [1.54, 1.807) is 0 Å². The fourth-order valence-corrected chi connectivity index (χ4v) is 2.46. The summed E-state index contributed by atoms with van der Waals surface area (Å²) in [5.41, 5.74) is 1.11. The standard InChI is InChI=1S/C12H15Cl2NO/c1-3-15-11-7(2)6-16-12-8(11)4-5-9(13)10(12)14/h4-5,7,11,15H,3,6H2,1-2H3. The molecule has 0 aliphatic carbocycles. The number of ether oxygens (including phenoxy) is 1. The maximum absolute atomic E-state index is 6.14. The van der Waals surface area contributed by atoms with Gasteiger partial charge in [-0.3, -0.25) is 0 Å². The predicted octanol–water partition coefficient (Wildman–Crippen LogP) is 3.67. The third-order valence-corrected chi connectivity index (χ3v) is 3.69. The van der Waals surface area contributed by atoms with Crippen LogP contribution in [0.25, 0.3) is 0 Å². The van der Waals surface area contributed by atoms with Gasteiger partial charge in [0.15, 0.2) is 0 Å². The average molecular weight is 260 g/mol. The molecule has 2 nitrogen and oxygen atoms in total. The van der Waals surface area contributed by atoms with E-state index < -0.39 is 0 Å². The second-order valence-corrected chi connectivity index (χ2v) is 4.89. The van der Waals surface area contributed by atoms with E-state index in [1.165, 1.54) is 0 Å². The lowest BCUT2D eigenvalue weighted by atomic mass is 9.92. The highest BCUT2D eigenvalue weighted by molar-refractivity contribution is 6.43. The average Bonchev–Trinajstić information content (AvgIpc) is 2.27. The summed E-state index contributed by atoms with van der Waals surface area (Å²) in [6.45, 7) is 5.86. The molecule has 1 aliphatic heterocycles. The van der Waals surface area contributed by atoms with E-state index in [0.717, 1.165) is 17.9 Å². The van der Waals surface area contributed by atoms with Crippen LogP contribution in [0.3, 0.4) is 0 Å². The highest BCUT2D eigenvalue weighted by Gasteiger charge is 2.29. The number of fused-ring (bicyclic) bond motifs is 1. The first-order valence-electron chi connectivity index (χ1n) is 5.49. The van der Waals surface area contributed by atoms with Gasteiger partial charge in [-0.1, -0.05) is 43.1 Å². The first-order valence-corrected chi connectivity index (χ1v) is 6.24. The van der Waals surface area contributed by atoms with Crippen molar-refractivity contribution in [2.75, 3.05) is 13.2 Å². The highest BCUT2D eigenvalue weighted by atomic mass is 35.5. The van der Waals surface area contributed by atoms with E-state index in [2.05, 4.69) is 19.2 Å². The van der Waals surface area contributed by atoms with Gasteiger partial charge < -0.3 is 10.1 Å². The normalized spacial score (nSPS) is 23.8. The van der Waals surface area contributed by atoms with Crippen LogP contribution in [-0.2, 0) is 0 Å². The number of nitrogens with one attached hydrogen (secondary N) is 1. The molecule has 2 unspecified atom stereocenters. The summed E-state index contributed by atoms with van der Waals surface area (Å²) in [6.07, 6.45) is 0. The Labute approximate surface area is 106 Å². The molecule has 1 heterocycles. The van der Waals surface area contributed by atoms with E-state index in [4.69, 9.17) is 27.9 Å². The van der Waals surface area contributed by atoms with Crippen molar-refractivity contribution in [1.29, 1.82) is 0 Å². The molecule has 1 aromatic rings. The molecule has 0 aromatic heterocycles. The SMILES string of the molecule is CCNC1c2ccc(Cl)c(Cl)c2OCC1C. The molecule has 0 spiro atoms. The molecule has 0 saturated carbocycles. The summed E-state index contributed by atoms with van der Waals surface area (Å²) < 4.78 is 5.67. The molecule has 2 atom stereocenters. The third kappa shape index (κ3) is 2.02. The van der Waals surface area contributed by atoms with Gasteiger partial charge in [0.25, 0.3) is 0 Å². The summed E-state index contributed by atoms with van der Waals surface area (Å²) in [5.74, 6) is 1.17. The fraction of sp³-hybridized carbons (Fsp3) is 0.500. The van der Waals surface area contributed by atoms with Crippen molar-refractivity contribution >= 4 is 23.2 Å². The summed E-state index contributed by atoms with van der Waals surface area (Å²) in [6, 6.07) is 4.12. The zero-order chi connectivity index (χ0) is 11.7. The molecule has 2 rings (SSSR count). The van der Waals surface area contributed by atoms with E-state index in [-0.39, 0.29) is 0 Å². The first kappa shape index (κ1) is 12.0. The summed E-state index contributed by atoms with van der Waals surface area (Å²) in [5, 5.41) is 4.52. The Morgan fingerprint density at radius 3 is 2.88 bits per heavy atom. The van der Waals surface area contributed by atoms with Gasteiger partial charge in [0.2, 0.25) is 0 Å². The van der Waals surface area contributed by atoms with Crippen molar-refractivity contribution in [2.45, 2.75) is 19.9 Å². The number of halogens is 2. The minimum absolute atomic E-state index is 0.295. The van der Waals surface area contributed by atoms with Crippen LogP contribution in [0.4, 0.5) is 0 Å². The van der Waals surface area contributed by atoms with Gasteiger partial charge in [-0.25, -0.2) is 0 Å². The zero-order valence-corrected chi connectivity index (χ0v) is 10.9. The molecular formula is C12H15Cl2NO. The number of rotatable bonds is 2. The lowest BCUT2D eigenvalue weighted by molar-refractivity contribution is 0.190. The number of hydrogen-bond donors (Lipinski definition) is 1. The molecule has 0 bridgehead atoms. The predicted molar refractivity (Wildman–Crippen MR) is 67.5 cm³/mol. The van der Waals surface area contributed by atoms with Gasteiger partial charge in [-0.15, -0.1) is 0 Å². The molecule has 88 valence electrons. The van der Waals surface area contributed by atoms with Crippen molar-refractivity contribution in [2.24, 2.45) is 5.92 Å². The Hall–Kier alpha value is -0.440. The van der Waals surface area contributed by atoms with Gasteiger partial charge in [0, 0.05) is 17.5 Å². The second kappa shape index (κ2) is 4.82. The lowest BCUT2D eigenvalue weighted by Crippen LogP contribution is -2.33. The highest BCUT2D eigenvalue weighted by Crippen LogP contribution is 2.42. The van der Waals surface area contributed by atoms with Gasteiger partial charge in [0.1, 0.15) is 10.8 Å². The van der Waals surface area contributed by atoms with E-state index in [1.807, 2.05) is 12.1 Å². The largest absolute Gasteiger partial charge is 0.491 e. The van der Waals surface area contributed by atoms with Crippen LogP contribution < -0.4 is 10.1 Å². The van der Waals surface area contributed by atoms with Crippen LogP contribution in [0, 0.1) is 5.92 Å². The van der Waals surface area contributed by atoms with Crippen molar-refractivity contribution in [3.8, 4) is 5.75 Å². The Morgan fingerprint density at radius 2 is 2.19 bits per heavy atom. The van der Waals surface area contributed by atoms with Gasteiger partial charge >= 0.3 is 0 Å². The fourth-order valence-electron chi connectivity index (χ4n) is 2.09. The van der Waals surface area contributed by atoms with Crippen molar-refractivity contribution in [3.05, 3.63) is 27.7 Å². The van der Waals surface area contributed by atoms with Crippen LogP contribution >= 0.6 is 23.2 Å². The van der Waals surface area contributed by atoms with E-state index in [9.17, 15) is 0 Å². The van der Waals surface area contributed by atoms with Crippen molar-refractivity contribution < 1.29 is 4.74 Å². The topological polar surface area (TPSA) is 21.3 Å². The molecule has 0 saturated heterocycles. The second-order valence-electron chi connectivity index (χ2n) is 4.10. The maximum atomic E-state index is 6.14. The first-order chi connectivity index (χ1) is 7.65. The van der Waals surface area contributed by atoms with Crippen LogP contribution in [-0.4, -0.2) is 13.2 Å². The lowest BCUT2D eigenvalue weighted by Gasteiger charge is -2.32. The molecular weight excluding hydrogens is 245 g/mol. The molecule has 16 heavy (non-hydrogen) atoms. The molecule has 4 heteroatoms. The third-order valence-electron chi connectivity index (χ3n) is 2.90. The summed E-state index contributed by atoms with van der Waals surface area (Å²) in [7, 11) is 0. The number of benzene rings is 1. The van der Waals surface area contributed by atoms with Crippen LogP contribution in [0.15, 0.2) is 12.1 Å². The molecule has 1 aromatic carbocycles. The summed E-state index contributed by atoms with van der Waals surface area (Å²) >= 11 is 12.1. The molecule has 0 radical (unpaired) electrons. The van der Waals surface area contributed by atoms with Crippen LogP contribution in [0.5, 0.6) is 5.75 Å².